The molecule has 8 heavy (non-hydrogen) atoms. The van der Waals surface area contributed by atoms with E-state index in [1.54, 1.807) is 6.20 Å². The van der Waals surface area contributed by atoms with Gasteiger partial charge in [-0.15, -0.1) is 0 Å². The smallest absolute Gasteiger partial charge is 0.112 e. The molecular weight excluding hydrogens is 102 g/mol. The van der Waals surface area contributed by atoms with Gasteiger partial charge in [-0.25, -0.2) is 0 Å². The first-order valence-electron chi connectivity index (χ1n) is 2.49. The van der Waals surface area contributed by atoms with Crippen molar-refractivity contribution in [3.8, 4) is 0 Å². The maximum atomic E-state index is 3.96. The molecule has 0 aliphatic carbocycles. The van der Waals surface area contributed by atoms with E-state index in [2.05, 4.69) is 15.2 Å². The summed E-state index contributed by atoms with van der Waals surface area (Å²) in [6.07, 6.45) is 5.54. The summed E-state index contributed by atoms with van der Waals surface area (Å²) in [6.45, 7) is 0. The predicted octanol–water partition coefficient (Wildman–Crippen LogP) is 0.535. The summed E-state index contributed by atoms with van der Waals surface area (Å²) in [5.41, 5.74) is 1.16. The minimum absolute atomic E-state index is 0.341. The zero-order valence-electron chi connectivity index (χ0n) is 4.20. The molecule has 40 valence electrons. The standard InChI is InChI=1S/C5H5N3/c1-4(2-8-7-1)5-3-6-5/h1-3,5H,(H,7,8). The van der Waals surface area contributed by atoms with Crippen molar-refractivity contribution in [1.29, 1.82) is 0 Å². The van der Waals surface area contributed by atoms with Gasteiger partial charge in [0, 0.05) is 18.0 Å². The van der Waals surface area contributed by atoms with Crippen molar-refractivity contribution in [2.24, 2.45) is 4.99 Å². The molecule has 1 atom stereocenters. The highest BCUT2D eigenvalue weighted by Crippen LogP contribution is 2.21. The Morgan fingerprint density at radius 3 is 3.00 bits per heavy atom. The molecule has 1 N–H and O–H groups in total. The lowest BCUT2D eigenvalue weighted by Crippen LogP contribution is -1.72. The molecular formula is C5H5N3. The van der Waals surface area contributed by atoms with Gasteiger partial charge < -0.3 is 0 Å². The molecule has 0 bridgehead atoms. The van der Waals surface area contributed by atoms with Crippen LogP contribution in [-0.2, 0) is 0 Å². The molecule has 2 heterocycles. The molecule has 0 saturated heterocycles. The van der Waals surface area contributed by atoms with E-state index < -0.39 is 0 Å². The maximum absolute atomic E-state index is 3.96. The van der Waals surface area contributed by atoms with E-state index in [0.717, 1.165) is 5.56 Å². The monoisotopic (exact) mass is 107 g/mol. The molecule has 0 spiro atoms. The Bertz CT molecular complexity index is 193. The average Bonchev–Trinajstić information content (AvgIpc) is 2.49. The van der Waals surface area contributed by atoms with Gasteiger partial charge in [-0.05, 0) is 0 Å². The Hall–Kier alpha value is -1.12. The lowest BCUT2D eigenvalue weighted by Gasteiger charge is -1.79. The Kier molecular flexibility index (Phi) is 0.566. The number of nitrogens with zero attached hydrogens (tertiary/aromatic N) is 2. The largest absolute Gasteiger partial charge is 0.285 e. The maximum Gasteiger partial charge on any atom is 0.112 e. The SMILES string of the molecule is C1=NC1c1cn[nH]c1. The molecule has 0 radical (unpaired) electrons. The summed E-state index contributed by atoms with van der Waals surface area (Å²) >= 11 is 0. The van der Waals surface area contributed by atoms with Crippen molar-refractivity contribution in [1.82, 2.24) is 10.2 Å². The van der Waals surface area contributed by atoms with Crippen LogP contribution >= 0.6 is 0 Å². The lowest BCUT2D eigenvalue weighted by molar-refractivity contribution is 1.09. The van der Waals surface area contributed by atoms with Crippen LogP contribution in [0.5, 0.6) is 0 Å². The third-order valence-corrected chi connectivity index (χ3v) is 1.16. The molecule has 0 aromatic carbocycles. The van der Waals surface area contributed by atoms with Gasteiger partial charge in [-0.2, -0.15) is 5.10 Å². The predicted molar refractivity (Wildman–Crippen MR) is 29.8 cm³/mol. The number of nitrogens with one attached hydrogen (secondary N) is 1. The van der Waals surface area contributed by atoms with Crippen LogP contribution in [0.15, 0.2) is 17.4 Å². The number of aromatic nitrogens is 2. The second-order valence-electron chi connectivity index (χ2n) is 1.77. The molecule has 1 aliphatic rings. The highest BCUT2D eigenvalue weighted by Gasteiger charge is 2.15. The fourth-order valence-corrected chi connectivity index (χ4v) is 0.638. The van der Waals surface area contributed by atoms with Crippen LogP contribution < -0.4 is 0 Å². The summed E-state index contributed by atoms with van der Waals surface area (Å²) in [5, 5.41) is 6.50. The van der Waals surface area contributed by atoms with Crippen molar-refractivity contribution in [2.45, 2.75) is 6.04 Å². The van der Waals surface area contributed by atoms with E-state index in [9.17, 15) is 0 Å². The van der Waals surface area contributed by atoms with Crippen molar-refractivity contribution in [3.63, 3.8) is 0 Å². The van der Waals surface area contributed by atoms with Gasteiger partial charge >= 0.3 is 0 Å². The van der Waals surface area contributed by atoms with Crippen molar-refractivity contribution < 1.29 is 0 Å². The van der Waals surface area contributed by atoms with Crippen LogP contribution in [-0.4, -0.2) is 16.4 Å². The van der Waals surface area contributed by atoms with Gasteiger partial charge in [0.1, 0.15) is 6.04 Å². The second-order valence-corrected chi connectivity index (χ2v) is 1.77. The average molecular weight is 107 g/mol. The number of H-pyrrole nitrogens is 1. The minimum atomic E-state index is 0.341. The first-order valence-corrected chi connectivity index (χ1v) is 2.49. The Morgan fingerprint density at radius 1 is 1.62 bits per heavy atom. The van der Waals surface area contributed by atoms with Crippen molar-refractivity contribution in [3.05, 3.63) is 18.0 Å². The molecule has 3 heteroatoms. The Morgan fingerprint density at radius 2 is 2.50 bits per heavy atom. The lowest BCUT2D eigenvalue weighted by atomic mass is 10.3. The number of rotatable bonds is 1. The highest BCUT2D eigenvalue weighted by atomic mass is 15.1. The van der Waals surface area contributed by atoms with Gasteiger partial charge in [0.15, 0.2) is 0 Å². The molecule has 1 unspecified atom stereocenters. The second kappa shape index (κ2) is 1.18. The van der Waals surface area contributed by atoms with Gasteiger partial charge in [-0.1, -0.05) is 0 Å². The summed E-state index contributed by atoms with van der Waals surface area (Å²) in [6, 6.07) is 0.341. The van der Waals surface area contributed by atoms with E-state index in [1.807, 2.05) is 12.4 Å². The minimum Gasteiger partial charge on any atom is -0.285 e. The zero-order chi connectivity index (χ0) is 5.40. The topological polar surface area (TPSA) is 41.0 Å². The number of aromatic amines is 1. The summed E-state index contributed by atoms with van der Waals surface area (Å²) in [7, 11) is 0. The molecule has 0 amide bonds. The normalized spacial score (nSPS) is 23.8. The third kappa shape index (κ3) is 0.443. The van der Waals surface area contributed by atoms with Crippen molar-refractivity contribution in [2.75, 3.05) is 0 Å². The molecule has 0 fully saturated rings. The van der Waals surface area contributed by atoms with Crippen LogP contribution in [0, 0.1) is 0 Å². The fourth-order valence-electron chi connectivity index (χ4n) is 0.638. The van der Waals surface area contributed by atoms with Gasteiger partial charge in [-0.3, -0.25) is 10.1 Å². The number of aliphatic imine (C=N–C) groups is 1. The first kappa shape index (κ1) is 3.83. The molecule has 3 nitrogen and oxygen atoms in total. The van der Waals surface area contributed by atoms with Crippen LogP contribution in [0.25, 0.3) is 0 Å². The fraction of sp³-hybridized carbons (Fsp3) is 0.200. The molecule has 1 aliphatic heterocycles. The number of hydrogen-bond donors (Lipinski definition) is 1. The molecule has 1 aromatic heterocycles. The zero-order valence-corrected chi connectivity index (χ0v) is 4.20. The summed E-state index contributed by atoms with van der Waals surface area (Å²) < 4.78 is 0. The van der Waals surface area contributed by atoms with E-state index in [0.29, 0.717) is 6.04 Å². The van der Waals surface area contributed by atoms with E-state index >= 15 is 0 Å². The first-order chi connectivity index (χ1) is 3.97. The van der Waals surface area contributed by atoms with Crippen LogP contribution in [0.3, 0.4) is 0 Å². The van der Waals surface area contributed by atoms with E-state index in [-0.39, 0.29) is 0 Å². The van der Waals surface area contributed by atoms with Crippen molar-refractivity contribution >= 4 is 6.21 Å². The van der Waals surface area contributed by atoms with Crippen LogP contribution in [0.4, 0.5) is 0 Å². The van der Waals surface area contributed by atoms with Gasteiger partial charge in [0.05, 0.1) is 6.20 Å². The Labute approximate surface area is 46.4 Å². The Balaban J connectivity index is 2.29. The summed E-state index contributed by atoms with van der Waals surface area (Å²) in [5.74, 6) is 0. The number of hydrogen-bond acceptors (Lipinski definition) is 2. The molecule has 1 aromatic rings. The highest BCUT2D eigenvalue weighted by molar-refractivity contribution is 5.79. The molecule has 0 saturated carbocycles. The van der Waals surface area contributed by atoms with E-state index in [1.165, 1.54) is 0 Å². The quantitative estimate of drug-likeness (QED) is 0.559. The van der Waals surface area contributed by atoms with Crippen LogP contribution in [0.2, 0.25) is 0 Å². The van der Waals surface area contributed by atoms with Crippen LogP contribution in [0.1, 0.15) is 11.6 Å². The van der Waals surface area contributed by atoms with Gasteiger partial charge in [0.25, 0.3) is 0 Å². The molecule has 2 rings (SSSR count). The summed E-state index contributed by atoms with van der Waals surface area (Å²) in [4.78, 5) is 3.96. The van der Waals surface area contributed by atoms with Gasteiger partial charge in [0.2, 0.25) is 0 Å². The van der Waals surface area contributed by atoms with E-state index in [4.69, 9.17) is 0 Å². The third-order valence-electron chi connectivity index (χ3n) is 1.16.